The monoisotopic (exact) mass is 326 g/mol. The molecule has 0 heterocycles. The van der Waals surface area contributed by atoms with E-state index in [1.54, 1.807) is 6.07 Å². The van der Waals surface area contributed by atoms with E-state index in [9.17, 15) is 4.39 Å². The molecule has 0 atom stereocenters. The summed E-state index contributed by atoms with van der Waals surface area (Å²) in [5.74, 6) is 7.38. The first kappa shape index (κ1) is 18.8. The van der Waals surface area contributed by atoms with Crippen LogP contribution in [0.1, 0.15) is 76.3 Å². The molecule has 0 spiro atoms. The third-order valence-corrected chi connectivity index (χ3v) is 5.10. The summed E-state index contributed by atoms with van der Waals surface area (Å²) in [7, 11) is 0. The first-order valence-electron chi connectivity index (χ1n) is 9.69. The number of rotatable bonds is 6. The molecule has 1 aliphatic rings. The maximum atomic E-state index is 14.0. The molecule has 0 aliphatic heterocycles. The molecule has 0 saturated heterocycles. The number of hydrogen-bond donors (Lipinski definition) is 0. The van der Waals surface area contributed by atoms with Crippen LogP contribution in [0, 0.1) is 29.5 Å². The number of hydrogen-bond acceptors (Lipinski definition) is 0. The first-order chi connectivity index (χ1) is 11.7. The van der Waals surface area contributed by atoms with Crippen LogP contribution in [0.3, 0.4) is 0 Å². The van der Waals surface area contributed by atoms with Crippen LogP contribution in [-0.4, -0.2) is 0 Å². The molecule has 1 fully saturated rings. The van der Waals surface area contributed by atoms with Crippen molar-refractivity contribution in [1.82, 2.24) is 0 Å². The van der Waals surface area contributed by atoms with Gasteiger partial charge in [-0.25, -0.2) is 4.39 Å². The molecule has 0 radical (unpaired) electrons. The molecule has 24 heavy (non-hydrogen) atoms. The topological polar surface area (TPSA) is 0 Å². The molecule has 1 saturated carbocycles. The van der Waals surface area contributed by atoms with Crippen LogP contribution >= 0.6 is 0 Å². The van der Waals surface area contributed by atoms with Crippen molar-refractivity contribution in [2.45, 2.75) is 71.6 Å². The highest BCUT2D eigenvalue weighted by Crippen LogP contribution is 2.32. The third kappa shape index (κ3) is 6.16. The SMILES string of the molecule is CCCCc1ccc(C#C/C=C/C2CCC(CCC)CC2)c(F)c1. The van der Waals surface area contributed by atoms with Gasteiger partial charge in [-0.2, -0.15) is 0 Å². The van der Waals surface area contributed by atoms with E-state index in [4.69, 9.17) is 0 Å². The van der Waals surface area contributed by atoms with Crippen molar-refractivity contribution in [3.8, 4) is 11.8 Å². The lowest BCUT2D eigenvalue weighted by Gasteiger charge is -2.26. The summed E-state index contributed by atoms with van der Waals surface area (Å²) in [6.45, 7) is 4.43. The second-order valence-electron chi connectivity index (χ2n) is 7.12. The van der Waals surface area contributed by atoms with E-state index in [1.807, 2.05) is 18.2 Å². The van der Waals surface area contributed by atoms with Gasteiger partial charge in [0.05, 0.1) is 5.56 Å². The zero-order valence-corrected chi connectivity index (χ0v) is 15.3. The molecular weight excluding hydrogens is 295 g/mol. The molecule has 2 rings (SSSR count). The molecule has 1 aromatic carbocycles. The Balaban J connectivity index is 1.84. The van der Waals surface area contributed by atoms with E-state index in [-0.39, 0.29) is 5.82 Å². The van der Waals surface area contributed by atoms with Crippen molar-refractivity contribution in [2.75, 3.05) is 0 Å². The van der Waals surface area contributed by atoms with Crippen LogP contribution in [-0.2, 0) is 6.42 Å². The molecule has 0 unspecified atom stereocenters. The lowest BCUT2D eigenvalue weighted by Crippen LogP contribution is -2.12. The fourth-order valence-corrected chi connectivity index (χ4v) is 3.58. The van der Waals surface area contributed by atoms with Gasteiger partial charge in [0, 0.05) is 0 Å². The lowest BCUT2D eigenvalue weighted by atomic mass is 9.80. The van der Waals surface area contributed by atoms with Crippen LogP contribution < -0.4 is 0 Å². The summed E-state index contributed by atoms with van der Waals surface area (Å²) in [6.07, 6.45) is 15.3. The Kier molecular flexibility index (Phi) is 8.10. The van der Waals surface area contributed by atoms with Gasteiger partial charge in [-0.05, 0) is 74.1 Å². The summed E-state index contributed by atoms with van der Waals surface area (Å²) >= 11 is 0. The molecule has 1 aliphatic carbocycles. The third-order valence-electron chi connectivity index (χ3n) is 5.10. The zero-order valence-electron chi connectivity index (χ0n) is 15.3. The van der Waals surface area contributed by atoms with Gasteiger partial charge in [0.2, 0.25) is 0 Å². The Morgan fingerprint density at radius 2 is 1.92 bits per heavy atom. The van der Waals surface area contributed by atoms with E-state index < -0.39 is 0 Å². The molecule has 1 heteroatoms. The van der Waals surface area contributed by atoms with Crippen molar-refractivity contribution in [3.05, 3.63) is 47.3 Å². The van der Waals surface area contributed by atoms with Gasteiger partial charge in [-0.15, -0.1) is 0 Å². The van der Waals surface area contributed by atoms with E-state index in [1.165, 1.54) is 38.5 Å². The summed E-state index contributed by atoms with van der Waals surface area (Å²) < 4.78 is 14.0. The standard InChI is InChI=1S/C23H31F/c1-3-5-9-21-16-17-22(23(24)18-21)11-7-6-10-20-14-12-19(8-4-2)13-15-20/h6,10,16-20H,3-5,8-9,12-15H2,1-2H3/b10-6+. The second-order valence-corrected chi connectivity index (χ2v) is 7.12. The van der Waals surface area contributed by atoms with Crippen molar-refractivity contribution in [2.24, 2.45) is 11.8 Å². The Bertz CT molecular complexity index is 580. The lowest BCUT2D eigenvalue weighted by molar-refractivity contribution is 0.294. The predicted molar refractivity (Wildman–Crippen MR) is 101 cm³/mol. The number of unbranched alkanes of at least 4 members (excludes halogenated alkanes) is 1. The molecule has 130 valence electrons. The van der Waals surface area contributed by atoms with Crippen molar-refractivity contribution in [1.29, 1.82) is 0 Å². The van der Waals surface area contributed by atoms with Gasteiger partial charge in [0.25, 0.3) is 0 Å². The minimum absolute atomic E-state index is 0.190. The fourth-order valence-electron chi connectivity index (χ4n) is 3.58. The minimum Gasteiger partial charge on any atom is -0.206 e. The van der Waals surface area contributed by atoms with Crippen molar-refractivity contribution >= 4 is 0 Å². The fraction of sp³-hybridized carbons (Fsp3) is 0.565. The van der Waals surface area contributed by atoms with Crippen LogP contribution in [0.2, 0.25) is 0 Å². The normalized spacial score (nSPS) is 20.8. The maximum Gasteiger partial charge on any atom is 0.139 e. The molecule has 0 amide bonds. The molecule has 0 N–H and O–H groups in total. The Hall–Kier alpha value is -1.55. The number of aryl methyl sites for hydroxylation is 1. The van der Waals surface area contributed by atoms with Gasteiger partial charge in [-0.3, -0.25) is 0 Å². The Labute approximate surface area is 147 Å². The van der Waals surface area contributed by atoms with Gasteiger partial charge >= 0.3 is 0 Å². The largest absolute Gasteiger partial charge is 0.206 e. The highest BCUT2D eigenvalue weighted by molar-refractivity contribution is 5.39. The highest BCUT2D eigenvalue weighted by atomic mass is 19.1. The van der Waals surface area contributed by atoms with Crippen LogP contribution in [0.25, 0.3) is 0 Å². The average molecular weight is 326 g/mol. The minimum atomic E-state index is -0.190. The molecular formula is C23H31F. The molecule has 0 nitrogen and oxygen atoms in total. The van der Waals surface area contributed by atoms with E-state index in [0.717, 1.165) is 30.7 Å². The summed E-state index contributed by atoms with van der Waals surface area (Å²) in [4.78, 5) is 0. The summed E-state index contributed by atoms with van der Waals surface area (Å²) in [5, 5.41) is 0. The van der Waals surface area contributed by atoms with Gasteiger partial charge in [0.1, 0.15) is 5.82 Å². The number of allylic oxidation sites excluding steroid dienone is 2. The quantitative estimate of drug-likeness (QED) is 0.511. The summed E-state index contributed by atoms with van der Waals surface area (Å²) in [6, 6.07) is 5.46. The number of benzene rings is 1. The van der Waals surface area contributed by atoms with Crippen LogP contribution in [0.4, 0.5) is 4.39 Å². The zero-order chi connectivity index (χ0) is 17.2. The first-order valence-corrected chi connectivity index (χ1v) is 9.69. The Morgan fingerprint density at radius 3 is 2.58 bits per heavy atom. The second kappa shape index (κ2) is 10.3. The smallest absolute Gasteiger partial charge is 0.139 e. The molecule has 1 aromatic rings. The predicted octanol–water partition coefficient (Wildman–Crippen LogP) is 6.68. The van der Waals surface area contributed by atoms with E-state index in [0.29, 0.717) is 11.5 Å². The van der Waals surface area contributed by atoms with Gasteiger partial charge in [-0.1, -0.05) is 57.1 Å². The van der Waals surface area contributed by atoms with E-state index >= 15 is 0 Å². The Morgan fingerprint density at radius 1 is 1.12 bits per heavy atom. The average Bonchev–Trinajstić information content (AvgIpc) is 2.60. The van der Waals surface area contributed by atoms with Gasteiger partial charge < -0.3 is 0 Å². The number of halogens is 1. The molecule has 0 aromatic heterocycles. The van der Waals surface area contributed by atoms with Crippen molar-refractivity contribution in [3.63, 3.8) is 0 Å². The highest BCUT2D eigenvalue weighted by Gasteiger charge is 2.18. The van der Waals surface area contributed by atoms with Crippen LogP contribution in [0.15, 0.2) is 30.4 Å². The summed E-state index contributed by atoms with van der Waals surface area (Å²) in [5.41, 5.74) is 1.57. The van der Waals surface area contributed by atoms with E-state index in [2.05, 4.69) is 31.8 Å². The maximum absolute atomic E-state index is 14.0. The van der Waals surface area contributed by atoms with Crippen LogP contribution in [0.5, 0.6) is 0 Å². The van der Waals surface area contributed by atoms with Gasteiger partial charge in [0.15, 0.2) is 0 Å². The molecule has 0 bridgehead atoms. The van der Waals surface area contributed by atoms with Crippen molar-refractivity contribution < 1.29 is 4.39 Å².